The summed E-state index contributed by atoms with van der Waals surface area (Å²) in [5.41, 5.74) is 1.94. The van der Waals surface area contributed by atoms with Crippen LogP contribution in [0.25, 0.3) is 0 Å². The Hall–Kier alpha value is -2.41. The SMILES string of the molecule is COC(=O)CCN1C(=S)N[C@H](c2ccccn2)[C@H]1c1ccc[nH]1. The van der Waals surface area contributed by atoms with Gasteiger partial charge in [-0.3, -0.25) is 9.78 Å². The van der Waals surface area contributed by atoms with E-state index in [1.165, 1.54) is 7.11 Å². The van der Waals surface area contributed by atoms with Crippen molar-refractivity contribution >= 4 is 23.3 Å². The number of H-pyrrole nitrogens is 1. The van der Waals surface area contributed by atoms with Crippen LogP contribution in [0.5, 0.6) is 0 Å². The van der Waals surface area contributed by atoms with Crippen LogP contribution < -0.4 is 5.32 Å². The maximum atomic E-state index is 11.5. The maximum absolute atomic E-state index is 11.5. The van der Waals surface area contributed by atoms with Crippen molar-refractivity contribution in [2.45, 2.75) is 18.5 Å². The number of nitrogens with one attached hydrogen (secondary N) is 2. The number of nitrogens with zero attached hydrogens (tertiary/aromatic N) is 2. The van der Waals surface area contributed by atoms with Crippen LogP contribution in [-0.4, -0.2) is 39.6 Å². The van der Waals surface area contributed by atoms with Crippen LogP contribution in [-0.2, 0) is 9.53 Å². The van der Waals surface area contributed by atoms with Gasteiger partial charge in [0.1, 0.15) is 0 Å². The van der Waals surface area contributed by atoms with E-state index in [0.717, 1.165) is 11.4 Å². The smallest absolute Gasteiger partial charge is 0.307 e. The first kappa shape index (κ1) is 15.5. The number of hydrogen-bond acceptors (Lipinski definition) is 4. The third kappa shape index (κ3) is 3.19. The molecule has 0 unspecified atom stereocenters. The van der Waals surface area contributed by atoms with Gasteiger partial charge in [0.2, 0.25) is 0 Å². The number of aromatic amines is 1. The summed E-state index contributed by atoms with van der Waals surface area (Å²) in [4.78, 5) is 21.2. The lowest BCUT2D eigenvalue weighted by Gasteiger charge is -2.26. The zero-order valence-electron chi connectivity index (χ0n) is 12.7. The van der Waals surface area contributed by atoms with Gasteiger partial charge in [-0.1, -0.05) is 6.07 Å². The predicted octanol–water partition coefficient (Wildman–Crippen LogP) is 1.95. The maximum Gasteiger partial charge on any atom is 0.307 e. The number of rotatable bonds is 5. The van der Waals surface area contributed by atoms with Gasteiger partial charge in [0.25, 0.3) is 0 Å². The van der Waals surface area contributed by atoms with Gasteiger partial charge < -0.3 is 19.9 Å². The van der Waals surface area contributed by atoms with E-state index in [1.807, 2.05) is 41.4 Å². The van der Waals surface area contributed by atoms with Crippen LogP contribution in [0.1, 0.15) is 29.9 Å². The second kappa shape index (κ2) is 6.78. The first-order valence-corrected chi connectivity index (χ1v) is 7.79. The van der Waals surface area contributed by atoms with Gasteiger partial charge in [-0.05, 0) is 36.5 Å². The predicted molar refractivity (Wildman–Crippen MR) is 89.6 cm³/mol. The van der Waals surface area contributed by atoms with Crippen molar-refractivity contribution in [3.8, 4) is 0 Å². The molecule has 1 aliphatic heterocycles. The van der Waals surface area contributed by atoms with E-state index in [0.29, 0.717) is 11.7 Å². The molecule has 1 saturated heterocycles. The Kier molecular flexibility index (Phi) is 4.57. The van der Waals surface area contributed by atoms with Gasteiger partial charge in [0.15, 0.2) is 5.11 Å². The number of esters is 1. The molecule has 23 heavy (non-hydrogen) atoms. The van der Waals surface area contributed by atoms with E-state index >= 15 is 0 Å². The summed E-state index contributed by atoms with van der Waals surface area (Å²) in [5.74, 6) is -0.251. The number of carbonyl (C=O) groups excluding carboxylic acids is 1. The molecule has 0 amide bonds. The molecule has 2 atom stereocenters. The van der Waals surface area contributed by atoms with Gasteiger partial charge in [-0.25, -0.2) is 0 Å². The summed E-state index contributed by atoms with van der Waals surface area (Å²) >= 11 is 5.48. The van der Waals surface area contributed by atoms with Crippen LogP contribution in [0.2, 0.25) is 0 Å². The van der Waals surface area contributed by atoms with Crippen molar-refractivity contribution in [2.75, 3.05) is 13.7 Å². The average Bonchev–Trinajstić information content (AvgIpc) is 3.21. The molecular weight excluding hydrogens is 312 g/mol. The molecule has 0 spiro atoms. The second-order valence-electron chi connectivity index (χ2n) is 5.27. The first-order chi connectivity index (χ1) is 11.2. The molecule has 2 aromatic heterocycles. The zero-order chi connectivity index (χ0) is 16.2. The zero-order valence-corrected chi connectivity index (χ0v) is 13.5. The van der Waals surface area contributed by atoms with Crippen LogP contribution in [0, 0.1) is 0 Å². The minimum absolute atomic E-state index is 0.0444. The Balaban J connectivity index is 1.89. The fourth-order valence-corrected chi connectivity index (χ4v) is 3.16. The summed E-state index contributed by atoms with van der Waals surface area (Å²) in [7, 11) is 1.39. The van der Waals surface area contributed by atoms with Crippen molar-refractivity contribution in [3.63, 3.8) is 0 Å². The van der Waals surface area contributed by atoms with Gasteiger partial charge in [0.05, 0.1) is 31.3 Å². The number of ether oxygens (including phenoxy) is 1. The second-order valence-corrected chi connectivity index (χ2v) is 5.66. The van der Waals surface area contributed by atoms with E-state index in [1.54, 1.807) is 6.20 Å². The highest BCUT2D eigenvalue weighted by molar-refractivity contribution is 7.80. The normalized spacial score (nSPS) is 20.4. The van der Waals surface area contributed by atoms with Gasteiger partial charge in [0, 0.05) is 24.6 Å². The molecule has 120 valence electrons. The summed E-state index contributed by atoms with van der Waals surface area (Å²) < 4.78 is 4.73. The molecule has 0 aliphatic carbocycles. The molecule has 0 saturated carbocycles. The van der Waals surface area contributed by atoms with Crippen molar-refractivity contribution < 1.29 is 9.53 Å². The highest BCUT2D eigenvalue weighted by Crippen LogP contribution is 2.37. The summed E-state index contributed by atoms with van der Waals surface area (Å²) in [6, 6.07) is 9.66. The molecule has 3 heterocycles. The van der Waals surface area contributed by atoms with Crippen molar-refractivity contribution in [1.82, 2.24) is 20.2 Å². The van der Waals surface area contributed by atoms with Gasteiger partial charge in [-0.2, -0.15) is 0 Å². The van der Waals surface area contributed by atoms with Crippen LogP contribution >= 0.6 is 12.2 Å². The largest absolute Gasteiger partial charge is 0.469 e. The Bertz CT molecular complexity index is 675. The van der Waals surface area contributed by atoms with Crippen molar-refractivity contribution in [1.29, 1.82) is 0 Å². The lowest BCUT2D eigenvalue weighted by molar-refractivity contribution is -0.140. The molecule has 6 nitrogen and oxygen atoms in total. The molecule has 0 bridgehead atoms. The van der Waals surface area contributed by atoms with Gasteiger partial charge in [-0.15, -0.1) is 0 Å². The summed E-state index contributed by atoms with van der Waals surface area (Å²) in [6.07, 6.45) is 3.93. The number of hydrogen-bond donors (Lipinski definition) is 2. The molecule has 0 aromatic carbocycles. The first-order valence-electron chi connectivity index (χ1n) is 7.39. The van der Waals surface area contributed by atoms with Crippen LogP contribution in [0.15, 0.2) is 42.7 Å². The fraction of sp³-hybridized carbons (Fsp3) is 0.312. The Morgan fingerprint density at radius 2 is 2.26 bits per heavy atom. The molecule has 3 rings (SSSR count). The highest BCUT2D eigenvalue weighted by Gasteiger charge is 2.40. The number of methoxy groups -OCH3 is 1. The highest BCUT2D eigenvalue weighted by atomic mass is 32.1. The molecular formula is C16H18N4O2S. The van der Waals surface area contributed by atoms with Crippen LogP contribution in [0.4, 0.5) is 0 Å². The van der Waals surface area contributed by atoms with E-state index in [9.17, 15) is 4.79 Å². The Labute approximate surface area is 139 Å². The number of carbonyl (C=O) groups is 1. The third-order valence-electron chi connectivity index (χ3n) is 3.92. The topological polar surface area (TPSA) is 70.2 Å². The lowest BCUT2D eigenvalue weighted by Crippen LogP contribution is -2.32. The van der Waals surface area contributed by atoms with E-state index in [-0.39, 0.29) is 24.5 Å². The molecule has 1 fully saturated rings. The lowest BCUT2D eigenvalue weighted by atomic mass is 10.0. The molecule has 0 radical (unpaired) electrons. The minimum Gasteiger partial charge on any atom is -0.469 e. The van der Waals surface area contributed by atoms with Crippen LogP contribution in [0.3, 0.4) is 0 Å². The number of thiocarbonyl (C=S) groups is 1. The fourth-order valence-electron chi connectivity index (χ4n) is 2.83. The standard InChI is InChI=1S/C16H18N4O2S/c1-22-13(21)7-10-20-15(12-6-4-9-18-12)14(19-16(20)23)11-5-2-3-8-17-11/h2-6,8-9,14-15,18H,7,10H2,1H3,(H,19,23)/t14-,15-/m1/s1. The Morgan fingerprint density at radius 3 is 2.91 bits per heavy atom. The third-order valence-corrected chi connectivity index (χ3v) is 4.28. The number of pyridine rings is 1. The summed E-state index contributed by atoms with van der Waals surface area (Å²) in [5, 5.41) is 3.94. The molecule has 1 aliphatic rings. The van der Waals surface area contributed by atoms with Gasteiger partial charge >= 0.3 is 5.97 Å². The minimum atomic E-state index is -0.251. The van der Waals surface area contributed by atoms with Crippen molar-refractivity contribution in [2.24, 2.45) is 0 Å². The molecule has 7 heteroatoms. The Morgan fingerprint density at radius 1 is 1.39 bits per heavy atom. The summed E-state index contributed by atoms with van der Waals surface area (Å²) in [6.45, 7) is 0.492. The van der Waals surface area contributed by atoms with Crippen molar-refractivity contribution in [3.05, 3.63) is 54.1 Å². The monoisotopic (exact) mass is 330 g/mol. The molecule has 2 N–H and O–H groups in total. The van der Waals surface area contributed by atoms with E-state index in [2.05, 4.69) is 15.3 Å². The average molecular weight is 330 g/mol. The quantitative estimate of drug-likeness (QED) is 0.645. The number of aromatic nitrogens is 2. The van der Waals surface area contributed by atoms with E-state index < -0.39 is 0 Å². The molecule has 2 aromatic rings. The van der Waals surface area contributed by atoms with E-state index in [4.69, 9.17) is 17.0 Å².